The van der Waals surface area contributed by atoms with Gasteiger partial charge >= 0.3 is 12.0 Å². The van der Waals surface area contributed by atoms with Gasteiger partial charge in [0.2, 0.25) is 0 Å². The zero-order valence-electron chi connectivity index (χ0n) is 15.4. The van der Waals surface area contributed by atoms with Gasteiger partial charge in [-0.05, 0) is 39.7 Å². The van der Waals surface area contributed by atoms with Crippen LogP contribution in [-0.2, 0) is 9.53 Å². The molecule has 1 fully saturated rings. The number of urea groups is 1. The average Bonchev–Trinajstić information content (AvgIpc) is 3.05. The molecule has 3 heterocycles. The van der Waals surface area contributed by atoms with E-state index >= 15 is 0 Å². The van der Waals surface area contributed by atoms with Crippen molar-refractivity contribution in [3.63, 3.8) is 0 Å². The van der Waals surface area contributed by atoms with Gasteiger partial charge in [-0.15, -0.1) is 0 Å². The number of likely N-dealkylation sites (tertiary alicyclic amines) is 1. The molecule has 0 unspecified atom stereocenters. The highest BCUT2D eigenvalue weighted by Gasteiger charge is 2.29. The summed E-state index contributed by atoms with van der Waals surface area (Å²) in [7, 11) is 0. The van der Waals surface area contributed by atoms with E-state index in [1.807, 2.05) is 24.6 Å². The van der Waals surface area contributed by atoms with Crippen LogP contribution in [0, 0.1) is 5.92 Å². The van der Waals surface area contributed by atoms with Crippen LogP contribution in [-0.4, -0.2) is 51.4 Å². The van der Waals surface area contributed by atoms with Crippen LogP contribution < -0.4 is 5.32 Å². The molecule has 1 atom stereocenters. The number of esters is 1. The first-order valence-corrected chi connectivity index (χ1v) is 9.05. The van der Waals surface area contributed by atoms with E-state index in [-0.39, 0.29) is 24.0 Å². The Balaban J connectivity index is 1.67. The number of hydrogen-bond acceptors (Lipinski definition) is 5. The summed E-state index contributed by atoms with van der Waals surface area (Å²) in [6.07, 6.45) is 4.92. The minimum atomic E-state index is -0.251. The Kier molecular flexibility index (Phi) is 5.39. The second-order valence-electron chi connectivity index (χ2n) is 6.79. The molecule has 0 spiro atoms. The third-order valence-electron chi connectivity index (χ3n) is 4.50. The number of aromatic nitrogens is 3. The lowest BCUT2D eigenvalue weighted by Crippen LogP contribution is -2.44. The second kappa shape index (κ2) is 7.72. The maximum absolute atomic E-state index is 12.6. The number of nitrogens with zero attached hydrogens (tertiary/aromatic N) is 4. The summed E-state index contributed by atoms with van der Waals surface area (Å²) in [6.45, 7) is 7.24. The first-order valence-electron chi connectivity index (χ1n) is 9.05. The number of anilines is 1. The Bertz CT molecular complexity index is 801. The van der Waals surface area contributed by atoms with Crippen LogP contribution in [0.3, 0.4) is 0 Å². The number of nitrogens with one attached hydrogen (secondary N) is 1. The smallest absolute Gasteiger partial charge is 0.321 e. The Hall–Kier alpha value is -2.64. The topological polar surface area (TPSA) is 89.3 Å². The number of amides is 2. The first-order chi connectivity index (χ1) is 12.5. The number of carbonyl (C=O) groups excluding carboxylic acids is 2. The van der Waals surface area contributed by atoms with Crippen LogP contribution in [0.1, 0.15) is 39.7 Å². The molecule has 2 amide bonds. The van der Waals surface area contributed by atoms with Crippen molar-refractivity contribution in [2.45, 2.75) is 39.7 Å². The van der Waals surface area contributed by atoms with Crippen molar-refractivity contribution in [1.29, 1.82) is 0 Å². The monoisotopic (exact) mass is 359 g/mol. The Labute approximate surface area is 152 Å². The number of piperidine rings is 1. The highest BCUT2D eigenvalue weighted by molar-refractivity contribution is 5.92. The van der Waals surface area contributed by atoms with Gasteiger partial charge in [0.25, 0.3) is 0 Å². The number of fused-ring (bicyclic) bond motifs is 1. The largest absolute Gasteiger partial charge is 0.466 e. The van der Waals surface area contributed by atoms with Gasteiger partial charge in [0, 0.05) is 24.5 Å². The fourth-order valence-electron chi connectivity index (χ4n) is 3.20. The Morgan fingerprint density at radius 1 is 1.38 bits per heavy atom. The predicted molar refractivity (Wildman–Crippen MR) is 97.9 cm³/mol. The lowest BCUT2D eigenvalue weighted by atomic mass is 9.98. The summed E-state index contributed by atoms with van der Waals surface area (Å²) >= 11 is 0. The van der Waals surface area contributed by atoms with Crippen LogP contribution in [0.2, 0.25) is 0 Å². The molecule has 1 aliphatic heterocycles. The van der Waals surface area contributed by atoms with Crippen molar-refractivity contribution in [2.75, 3.05) is 25.0 Å². The molecule has 0 saturated carbocycles. The summed E-state index contributed by atoms with van der Waals surface area (Å²) in [5, 5.41) is 8.08. The Morgan fingerprint density at radius 2 is 2.19 bits per heavy atom. The van der Waals surface area contributed by atoms with Gasteiger partial charge in [-0.1, -0.05) is 0 Å². The molecule has 8 heteroatoms. The van der Waals surface area contributed by atoms with Crippen molar-refractivity contribution in [1.82, 2.24) is 19.7 Å². The molecule has 1 N–H and O–H groups in total. The number of rotatable bonds is 4. The minimum Gasteiger partial charge on any atom is -0.466 e. The molecule has 140 valence electrons. The van der Waals surface area contributed by atoms with Crippen LogP contribution in [0.5, 0.6) is 0 Å². The quantitative estimate of drug-likeness (QED) is 0.848. The zero-order valence-corrected chi connectivity index (χ0v) is 15.4. The van der Waals surface area contributed by atoms with E-state index in [2.05, 4.69) is 15.4 Å². The van der Waals surface area contributed by atoms with E-state index in [9.17, 15) is 9.59 Å². The van der Waals surface area contributed by atoms with Crippen molar-refractivity contribution in [3.05, 3.63) is 18.5 Å². The molecule has 2 aromatic rings. The number of pyridine rings is 1. The summed E-state index contributed by atoms with van der Waals surface area (Å²) in [4.78, 5) is 30.6. The third-order valence-corrected chi connectivity index (χ3v) is 4.50. The van der Waals surface area contributed by atoms with Gasteiger partial charge in [-0.25, -0.2) is 14.5 Å². The summed E-state index contributed by atoms with van der Waals surface area (Å²) in [5.74, 6) is -0.478. The van der Waals surface area contributed by atoms with Crippen molar-refractivity contribution < 1.29 is 14.3 Å². The van der Waals surface area contributed by atoms with Crippen molar-refractivity contribution >= 4 is 28.7 Å². The summed E-state index contributed by atoms with van der Waals surface area (Å²) < 4.78 is 6.92. The van der Waals surface area contributed by atoms with Crippen molar-refractivity contribution in [2.24, 2.45) is 5.92 Å². The summed E-state index contributed by atoms with van der Waals surface area (Å²) in [6, 6.07) is 1.85. The Morgan fingerprint density at radius 3 is 2.92 bits per heavy atom. The molecule has 26 heavy (non-hydrogen) atoms. The number of carbonyl (C=O) groups is 2. The van der Waals surface area contributed by atoms with E-state index in [0.29, 0.717) is 25.4 Å². The third kappa shape index (κ3) is 3.79. The van der Waals surface area contributed by atoms with Gasteiger partial charge in [0.15, 0.2) is 5.65 Å². The minimum absolute atomic E-state index is 0.216. The number of hydrogen-bond donors (Lipinski definition) is 1. The van der Waals surface area contributed by atoms with Crippen LogP contribution >= 0.6 is 0 Å². The normalized spacial score (nSPS) is 17.5. The van der Waals surface area contributed by atoms with Crippen molar-refractivity contribution in [3.8, 4) is 0 Å². The SMILES string of the molecule is CCOC(=O)[C@H]1CCCN(C(=O)Nc2cnc3c(cnn3C(C)C)c2)C1. The molecular weight excluding hydrogens is 334 g/mol. The summed E-state index contributed by atoms with van der Waals surface area (Å²) in [5.41, 5.74) is 1.41. The molecule has 3 rings (SSSR count). The highest BCUT2D eigenvalue weighted by Crippen LogP contribution is 2.21. The predicted octanol–water partition coefficient (Wildman–Crippen LogP) is 2.82. The first kappa shape index (κ1) is 18.2. The van der Waals surface area contributed by atoms with Crippen LogP contribution in [0.4, 0.5) is 10.5 Å². The van der Waals surface area contributed by atoms with Crippen LogP contribution in [0.25, 0.3) is 11.0 Å². The molecule has 2 aromatic heterocycles. The molecule has 0 bridgehead atoms. The molecule has 1 aliphatic rings. The van der Waals surface area contributed by atoms with Gasteiger partial charge < -0.3 is 15.0 Å². The molecule has 1 saturated heterocycles. The maximum atomic E-state index is 12.6. The maximum Gasteiger partial charge on any atom is 0.321 e. The molecule has 0 radical (unpaired) electrons. The molecular formula is C18H25N5O3. The van der Waals surface area contributed by atoms with Gasteiger partial charge in [-0.3, -0.25) is 4.79 Å². The number of ether oxygens (including phenoxy) is 1. The van der Waals surface area contributed by atoms with Gasteiger partial charge in [0.05, 0.1) is 30.6 Å². The lowest BCUT2D eigenvalue weighted by Gasteiger charge is -2.31. The van der Waals surface area contributed by atoms with E-state index in [4.69, 9.17) is 4.74 Å². The lowest BCUT2D eigenvalue weighted by molar-refractivity contribution is -0.149. The van der Waals surface area contributed by atoms with E-state index in [0.717, 1.165) is 23.9 Å². The highest BCUT2D eigenvalue weighted by atomic mass is 16.5. The van der Waals surface area contributed by atoms with Gasteiger partial charge in [-0.2, -0.15) is 5.10 Å². The van der Waals surface area contributed by atoms with Gasteiger partial charge in [0.1, 0.15) is 0 Å². The average molecular weight is 359 g/mol. The zero-order chi connectivity index (χ0) is 18.7. The van der Waals surface area contributed by atoms with E-state index < -0.39 is 0 Å². The molecule has 0 aliphatic carbocycles. The fourth-order valence-corrected chi connectivity index (χ4v) is 3.20. The second-order valence-corrected chi connectivity index (χ2v) is 6.79. The van der Waals surface area contributed by atoms with Crippen LogP contribution in [0.15, 0.2) is 18.5 Å². The molecule has 0 aromatic carbocycles. The van der Waals surface area contributed by atoms with E-state index in [1.165, 1.54) is 0 Å². The fraction of sp³-hybridized carbons (Fsp3) is 0.556. The van der Waals surface area contributed by atoms with E-state index in [1.54, 1.807) is 24.2 Å². The standard InChI is InChI=1S/C18H25N5O3/c1-4-26-17(24)13-6-5-7-22(11-13)18(25)21-15-8-14-9-20-23(12(2)3)16(14)19-10-15/h8-10,12-13H,4-7,11H2,1-3H3,(H,21,25)/t13-/m0/s1. The molecule has 8 nitrogen and oxygen atoms in total.